The van der Waals surface area contributed by atoms with E-state index in [9.17, 15) is 9.90 Å². The SMILES string of the molecule is C[C@H]1C[C@@H]([C@H](O)[C@@H](N)CC2CCCCC2)OC1=O. The molecule has 18 heavy (non-hydrogen) atoms. The molecule has 1 aliphatic carbocycles. The predicted octanol–water partition coefficient (Wildman–Crippen LogP) is 1.60. The molecule has 104 valence electrons. The average Bonchev–Trinajstić information content (AvgIpc) is 2.70. The van der Waals surface area contributed by atoms with Crippen molar-refractivity contribution >= 4 is 5.97 Å². The Morgan fingerprint density at radius 3 is 2.61 bits per heavy atom. The van der Waals surface area contributed by atoms with Gasteiger partial charge in [0.25, 0.3) is 0 Å². The molecule has 0 unspecified atom stereocenters. The van der Waals surface area contributed by atoms with Crippen molar-refractivity contribution in [1.82, 2.24) is 0 Å². The molecule has 4 nitrogen and oxygen atoms in total. The highest BCUT2D eigenvalue weighted by atomic mass is 16.6. The summed E-state index contributed by atoms with van der Waals surface area (Å²) in [5.74, 6) is 0.327. The number of carbonyl (C=O) groups is 1. The lowest BCUT2D eigenvalue weighted by Gasteiger charge is -2.29. The zero-order valence-corrected chi connectivity index (χ0v) is 11.2. The van der Waals surface area contributed by atoms with Crippen LogP contribution in [0.25, 0.3) is 0 Å². The molecule has 1 saturated heterocycles. The van der Waals surface area contributed by atoms with Crippen molar-refractivity contribution in [1.29, 1.82) is 0 Å². The van der Waals surface area contributed by atoms with Gasteiger partial charge in [0.2, 0.25) is 0 Å². The highest BCUT2D eigenvalue weighted by molar-refractivity contribution is 5.74. The molecule has 0 aromatic heterocycles. The van der Waals surface area contributed by atoms with Crippen LogP contribution in [-0.2, 0) is 9.53 Å². The van der Waals surface area contributed by atoms with Crippen LogP contribution in [0.3, 0.4) is 0 Å². The molecule has 1 heterocycles. The van der Waals surface area contributed by atoms with Gasteiger partial charge in [-0.3, -0.25) is 4.79 Å². The lowest BCUT2D eigenvalue weighted by Crippen LogP contribution is -2.44. The van der Waals surface area contributed by atoms with Gasteiger partial charge in [-0.1, -0.05) is 39.0 Å². The van der Waals surface area contributed by atoms with Crippen molar-refractivity contribution in [3.8, 4) is 0 Å². The molecule has 0 aromatic rings. The lowest BCUT2D eigenvalue weighted by molar-refractivity contribution is -0.148. The molecule has 1 saturated carbocycles. The normalized spacial score (nSPS) is 33.2. The van der Waals surface area contributed by atoms with Crippen LogP contribution in [0.4, 0.5) is 0 Å². The minimum absolute atomic E-state index is 0.105. The van der Waals surface area contributed by atoms with Gasteiger partial charge in [0.15, 0.2) is 0 Å². The van der Waals surface area contributed by atoms with Gasteiger partial charge >= 0.3 is 5.97 Å². The summed E-state index contributed by atoms with van der Waals surface area (Å²) in [6.45, 7) is 1.84. The van der Waals surface area contributed by atoms with Crippen LogP contribution in [0.2, 0.25) is 0 Å². The van der Waals surface area contributed by atoms with Gasteiger partial charge in [0.05, 0.1) is 5.92 Å². The quantitative estimate of drug-likeness (QED) is 0.748. The highest BCUT2D eigenvalue weighted by Gasteiger charge is 2.38. The number of cyclic esters (lactones) is 1. The van der Waals surface area contributed by atoms with Crippen molar-refractivity contribution in [2.75, 3.05) is 0 Å². The first-order valence-corrected chi connectivity index (χ1v) is 7.22. The third-order valence-electron chi connectivity index (χ3n) is 4.41. The molecule has 2 rings (SSSR count). The van der Waals surface area contributed by atoms with Crippen LogP contribution in [0.5, 0.6) is 0 Å². The minimum atomic E-state index is -0.708. The summed E-state index contributed by atoms with van der Waals surface area (Å²) in [4.78, 5) is 11.3. The zero-order chi connectivity index (χ0) is 13.1. The summed E-state index contributed by atoms with van der Waals surface area (Å²) >= 11 is 0. The van der Waals surface area contributed by atoms with E-state index in [1.54, 1.807) is 0 Å². The Morgan fingerprint density at radius 1 is 1.39 bits per heavy atom. The first kappa shape index (κ1) is 13.8. The topological polar surface area (TPSA) is 72.6 Å². The second-order valence-corrected chi connectivity index (χ2v) is 6.01. The fraction of sp³-hybridized carbons (Fsp3) is 0.929. The number of esters is 1. The molecule has 1 aliphatic heterocycles. The number of aliphatic hydroxyl groups excluding tert-OH is 1. The van der Waals surface area contributed by atoms with Gasteiger partial charge in [-0.25, -0.2) is 0 Å². The van der Waals surface area contributed by atoms with Gasteiger partial charge in [-0.15, -0.1) is 0 Å². The molecule has 3 N–H and O–H groups in total. The van der Waals surface area contributed by atoms with Crippen molar-refractivity contribution in [3.05, 3.63) is 0 Å². The van der Waals surface area contributed by atoms with Gasteiger partial charge in [0.1, 0.15) is 12.2 Å². The number of carbonyl (C=O) groups excluding carboxylic acids is 1. The number of hydrogen-bond donors (Lipinski definition) is 2. The first-order chi connectivity index (χ1) is 8.58. The molecule has 4 atom stereocenters. The van der Waals surface area contributed by atoms with Gasteiger partial charge < -0.3 is 15.6 Å². The van der Waals surface area contributed by atoms with Crippen molar-refractivity contribution in [3.63, 3.8) is 0 Å². The third-order valence-corrected chi connectivity index (χ3v) is 4.41. The Labute approximate surface area is 109 Å². The molecular formula is C14H25NO3. The lowest BCUT2D eigenvalue weighted by atomic mass is 9.83. The van der Waals surface area contributed by atoms with E-state index < -0.39 is 12.2 Å². The first-order valence-electron chi connectivity index (χ1n) is 7.22. The Balaban J connectivity index is 1.80. The number of ether oxygens (including phenoxy) is 1. The largest absolute Gasteiger partial charge is 0.459 e. The van der Waals surface area contributed by atoms with Crippen molar-refractivity contribution in [2.24, 2.45) is 17.6 Å². The molecule has 0 radical (unpaired) electrons. The Hall–Kier alpha value is -0.610. The van der Waals surface area contributed by atoms with E-state index in [0.717, 1.165) is 6.42 Å². The monoisotopic (exact) mass is 255 g/mol. The molecular weight excluding hydrogens is 230 g/mol. The highest BCUT2D eigenvalue weighted by Crippen LogP contribution is 2.30. The summed E-state index contributed by atoms with van der Waals surface area (Å²) < 4.78 is 5.18. The minimum Gasteiger partial charge on any atom is -0.459 e. The Morgan fingerprint density at radius 2 is 2.06 bits per heavy atom. The number of hydrogen-bond acceptors (Lipinski definition) is 4. The Bertz CT molecular complexity index is 289. The summed E-state index contributed by atoms with van der Waals surface area (Å²) in [7, 11) is 0. The van der Waals surface area contributed by atoms with Crippen LogP contribution >= 0.6 is 0 Å². The maximum Gasteiger partial charge on any atom is 0.309 e. The smallest absolute Gasteiger partial charge is 0.309 e. The zero-order valence-electron chi connectivity index (χ0n) is 11.2. The molecule has 4 heteroatoms. The van der Waals surface area contributed by atoms with Crippen LogP contribution in [0, 0.1) is 11.8 Å². The number of aliphatic hydroxyl groups is 1. The molecule has 0 aromatic carbocycles. The van der Waals surface area contributed by atoms with E-state index >= 15 is 0 Å². The molecule has 2 aliphatic rings. The van der Waals surface area contributed by atoms with E-state index in [4.69, 9.17) is 10.5 Å². The van der Waals surface area contributed by atoms with Crippen LogP contribution in [-0.4, -0.2) is 29.3 Å². The maximum absolute atomic E-state index is 11.3. The van der Waals surface area contributed by atoms with E-state index in [1.807, 2.05) is 6.92 Å². The maximum atomic E-state index is 11.3. The van der Waals surface area contributed by atoms with Gasteiger partial charge in [-0.05, 0) is 18.8 Å². The fourth-order valence-corrected chi connectivity index (χ4v) is 3.19. The summed E-state index contributed by atoms with van der Waals surface area (Å²) in [5, 5.41) is 10.2. The second kappa shape index (κ2) is 6.02. The van der Waals surface area contributed by atoms with E-state index in [-0.39, 0.29) is 17.9 Å². The number of rotatable bonds is 4. The molecule has 2 fully saturated rings. The summed E-state index contributed by atoms with van der Waals surface area (Å²) in [5.41, 5.74) is 6.08. The second-order valence-electron chi connectivity index (χ2n) is 6.01. The molecule has 0 bridgehead atoms. The molecule has 0 amide bonds. The van der Waals surface area contributed by atoms with Crippen molar-refractivity contribution < 1.29 is 14.6 Å². The van der Waals surface area contributed by atoms with E-state index in [0.29, 0.717) is 12.3 Å². The standard InChI is InChI=1S/C14H25NO3/c1-9-7-12(18-14(9)17)13(16)11(15)8-10-5-3-2-4-6-10/h9-13,16H,2-8,15H2,1H3/t9-,11-,12-,13+/m0/s1. The van der Waals surface area contributed by atoms with Crippen molar-refractivity contribution in [2.45, 2.75) is 70.1 Å². The van der Waals surface area contributed by atoms with E-state index in [2.05, 4.69) is 0 Å². The Kier molecular flexibility index (Phi) is 4.62. The molecule has 0 spiro atoms. The average molecular weight is 255 g/mol. The summed E-state index contributed by atoms with van der Waals surface area (Å²) in [6.07, 6.45) is 6.68. The third kappa shape index (κ3) is 3.23. The van der Waals surface area contributed by atoms with Crippen LogP contribution in [0.1, 0.15) is 51.9 Å². The van der Waals surface area contributed by atoms with E-state index in [1.165, 1.54) is 32.1 Å². The fourth-order valence-electron chi connectivity index (χ4n) is 3.19. The van der Waals surface area contributed by atoms with Crippen LogP contribution < -0.4 is 5.73 Å². The number of nitrogens with two attached hydrogens (primary N) is 1. The predicted molar refractivity (Wildman–Crippen MR) is 68.8 cm³/mol. The van der Waals surface area contributed by atoms with Gasteiger partial charge in [-0.2, -0.15) is 0 Å². The van der Waals surface area contributed by atoms with Crippen LogP contribution in [0.15, 0.2) is 0 Å². The van der Waals surface area contributed by atoms with Gasteiger partial charge in [0, 0.05) is 6.04 Å². The summed E-state index contributed by atoms with van der Waals surface area (Å²) in [6, 6.07) is -0.267.